The molecule has 0 saturated heterocycles. The number of anilines is 3. The van der Waals surface area contributed by atoms with Gasteiger partial charge in [0.2, 0.25) is 5.95 Å². The van der Waals surface area contributed by atoms with E-state index in [2.05, 4.69) is 61.8 Å². The summed E-state index contributed by atoms with van der Waals surface area (Å²) in [7, 11) is 4.03. The molecule has 196 valence electrons. The van der Waals surface area contributed by atoms with Crippen LogP contribution in [0.25, 0.3) is 0 Å². The Bertz CT molecular complexity index is 1390. The fraction of sp³-hybridized carbons (Fsp3) is 0.321. The Morgan fingerprint density at radius 1 is 1.03 bits per heavy atom. The van der Waals surface area contributed by atoms with Gasteiger partial charge in [-0.2, -0.15) is 4.98 Å². The maximum atomic E-state index is 13.5. The van der Waals surface area contributed by atoms with Crippen molar-refractivity contribution in [3.8, 4) is 0 Å². The highest BCUT2D eigenvalue weighted by Gasteiger charge is 2.28. The highest BCUT2D eigenvalue weighted by atomic mass is 16.2. The molecule has 10 heteroatoms. The Balaban J connectivity index is 1.28. The highest BCUT2D eigenvalue weighted by molar-refractivity contribution is 6.09. The zero-order valence-electron chi connectivity index (χ0n) is 22.1. The predicted octanol–water partition coefficient (Wildman–Crippen LogP) is 3.28. The molecule has 5 rings (SSSR count). The summed E-state index contributed by atoms with van der Waals surface area (Å²) in [5.41, 5.74) is 4.56. The molecule has 2 aromatic carbocycles. The van der Waals surface area contributed by atoms with Gasteiger partial charge < -0.3 is 15.1 Å². The summed E-state index contributed by atoms with van der Waals surface area (Å²) in [4.78, 5) is 28.5. The Labute approximate surface area is 222 Å². The quantitative estimate of drug-likeness (QED) is 0.366. The van der Waals surface area contributed by atoms with Crippen molar-refractivity contribution in [2.45, 2.75) is 26.6 Å². The zero-order valence-corrected chi connectivity index (χ0v) is 22.1. The number of nitrogens with one attached hydrogen (secondary N) is 1. The molecule has 1 aliphatic rings. The van der Waals surface area contributed by atoms with E-state index in [-0.39, 0.29) is 5.91 Å². The van der Waals surface area contributed by atoms with Gasteiger partial charge in [-0.3, -0.25) is 9.69 Å². The standard InChI is InChI=1S/C28H33N9O/c1-4-29-28-30-16-25-26(31-28)35(3)13-14-37(27(25)38)24-12-8-11-22(15-24)18-36-20-23(32-33-36)19-34(2)17-21-9-6-5-7-10-21/h5-12,15-16,20H,4,13-14,17-19H2,1-3H3,(H,29,30,31). The number of fused-ring (bicyclic) bond motifs is 1. The van der Waals surface area contributed by atoms with E-state index in [1.54, 1.807) is 11.1 Å². The lowest BCUT2D eigenvalue weighted by Gasteiger charge is -2.21. The van der Waals surface area contributed by atoms with Crippen LogP contribution in [-0.2, 0) is 19.6 Å². The molecule has 2 aromatic heterocycles. The summed E-state index contributed by atoms with van der Waals surface area (Å²) >= 11 is 0. The van der Waals surface area contributed by atoms with Gasteiger partial charge in [-0.1, -0.05) is 47.7 Å². The van der Waals surface area contributed by atoms with Crippen LogP contribution < -0.4 is 15.1 Å². The SMILES string of the molecule is CCNc1ncc2c(n1)N(C)CCN(c1cccc(Cn3cc(CN(C)Cc4ccccc4)nn3)c1)C2=O. The average molecular weight is 512 g/mol. The average Bonchev–Trinajstić information content (AvgIpc) is 3.30. The van der Waals surface area contributed by atoms with Crippen molar-refractivity contribution in [1.29, 1.82) is 0 Å². The monoisotopic (exact) mass is 511 g/mol. The first-order chi connectivity index (χ1) is 18.5. The first-order valence-electron chi connectivity index (χ1n) is 12.8. The minimum Gasteiger partial charge on any atom is -0.357 e. The second-order valence-corrected chi connectivity index (χ2v) is 9.57. The summed E-state index contributed by atoms with van der Waals surface area (Å²) in [6, 6.07) is 18.4. The van der Waals surface area contributed by atoms with Gasteiger partial charge in [0, 0.05) is 51.7 Å². The van der Waals surface area contributed by atoms with Gasteiger partial charge in [0.15, 0.2) is 0 Å². The van der Waals surface area contributed by atoms with Gasteiger partial charge in [0.1, 0.15) is 11.4 Å². The number of benzene rings is 2. The molecule has 38 heavy (non-hydrogen) atoms. The summed E-state index contributed by atoms with van der Waals surface area (Å²) in [6.45, 7) is 6.04. The highest BCUT2D eigenvalue weighted by Crippen LogP contribution is 2.27. The van der Waals surface area contributed by atoms with E-state index in [9.17, 15) is 4.79 Å². The molecule has 1 aliphatic heterocycles. The van der Waals surface area contributed by atoms with E-state index in [4.69, 9.17) is 0 Å². The van der Waals surface area contributed by atoms with E-state index in [0.717, 1.165) is 23.5 Å². The Morgan fingerprint density at radius 2 is 1.84 bits per heavy atom. The Kier molecular flexibility index (Phi) is 7.60. The molecule has 0 fully saturated rings. The maximum absolute atomic E-state index is 13.5. The molecule has 0 spiro atoms. The number of hydrogen-bond acceptors (Lipinski definition) is 8. The summed E-state index contributed by atoms with van der Waals surface area (Å²) < 4.78 is 1.84. The van der Waals surface area contributed by atoms with Crippen molar-refractivity contribution in [2.24, 2.45) is 0 Å². The fourth-order valence-electron chi connectivity index (χ4n) is 4.63. The molecule has 0 aliphatic carbocycles. The second-order valence-electron chi connectivity index (χ2n) is 9.57. The molecule has 10 nitrogen and oxygen atoms in total. The van der Waals surface area contributed by atoms with Crippen LogP contribution in [0.15, 0.2) is 67.0 Å². The summed E-state index contributed by atoms with van der Waals surface area (Å²) in [5, 5.41) is 11.8. The van der Waals surface area contributed by atoms with E-state index < -0.39 is 0 Å². The first-order valence-corrected chi connectivity index (χ1v) is 12.8. The minimum absolute atomic E-state index is 0.103. The smallest absolute Gasteiger partial charge is 0.263 e. The van der Waals surface area contributed by atoms with Crippen LogP contribution in [0.3, 0.4) is 0 Å². The number of amides is 1. The molecule has 0 unspecified atom stereocenters. The first kappa shape index (κ1) is 25.3. The Morgan fingerprint density at radius 3 is 2.66 bits per heavy atom. The maximum Gasteiger partial charge on any atom is 0.263 e. The summed E-state index contributed by atoms with van der Waals surface area (Å²) in [5.74, 6) is 1.07. The van der Waals surface area contributed by atoms with Crippen molar-refractivity contribution in [3.05, 3.63) is 89.4 Å². The molecule has 3 heterocycles. The van der Waals surface area contributed by atoms with E-state index in [1.807, 2.05) is 60.1 Å². The van der Waals surface area contributed by atoms with Crippen LogP contribution >= 0.6 is 0 Å². The minimum atomic E-state index is -0.103. The van der Waals surface area contributed by atoms with Crippen LogP contribution in [-0.4, -0.2) is 69.5 Å². The zero-order chi connectivity index (χ0) is 26.5. The fourth-order valence-corrected chi connectivity index (χ4v) is 4.63. The molecular weight excluding hydrogens is 478 g/mol. The molecule has 0 radical (unpaired) electrons. The molecular formula is C28H33N9O. The van der Waals surface area contributed by atoms with Crippen LogP contribution in [0, 0.1) is 0 Å². The number of nitrogens with zero attached hydrogens (tertiary/aromatic N) is 8. The summed E-state index contributed by atoms with van der Waals surface area (Å²) in [6.07, 6.45) is 3.60. The van der Waals surface area contributed by atoms with Crippen LogP contribution in [0.1, 0.15) is 34.1 Å². The second kappa shape index (κ2) is 11.4. The number of carbonyl (C=O) groups is 1. The molecule has 4 aromatic rings. The number of likely N-dealkylation sites (N-methyl/N-ethyl adjacent to an activating group) is 1. The topological polar surface area (TPSA) is 95.3 Å². The molecule has 1 N–H and O–H groups in total. The number of aromatic nitrogens is 5. The van der Waals surface area contributed by atoms with Gasteiger partial charge in [-0.15, -0.1) is 5.10 Å². The molecule has 0 atom stereocenters. The van der Waals surface area contributed by atoms with Gasteiger partial charge >= 0.3 is 0 Å². The van der Waals surface area contributed by atoms with Gasteiger partial charge in [0.25, 0.3) is 5.91 Å². The Hall–Kier alpha value is -4.31. The van der Waals surface area contributed by atoms with Gasteiger partial charge in [-0.25, -0.2) is 9.67 Å². The lowest BCUT2D eigenvalue weighted by molar-refractivity contribution is 0.0989. The van der Waals surface area contributed by atoms with Crippen LogP contribution in [0.4, 0.5) is 17.5 Å². The molecule has 0 saturated carbocycles. The number of hydrogen-bond donors (Lipinski definition) is 1. The predicted molar refractivity (Wildman–Crippen MR) is 148 cm³/mol. The lowest BCUT2D eigenvalue weighted by Crippen LogP contribution is -2.33. The number of carbonyl (C=O) groups excluding carboxylic acids is 1. The van der Waals surface area contributed by atoms with Crippen molar-refractivity contribution >= 4 is 23.4 Å². The van der Waals surface area contributed by atoms with E-state index >= 15 is 0 Å². The van der Waals surface area contributed by atoms with Gasteiger partial charge in [0.05, 0.1) is 18.4 Å². The largest absolute Gasteiger partial charge is 0.357 e. The normalized spacial score (nSPS) is 13.5. The van der Waals surface area contributed by atoms with Crippen LogP contribution in [0.5, 0.6) is 0 Å². The lowest BCUT2D eigenvalue weighted by atomic mass is 10.1. The van der Waals surface area contributed by atoms with Gasteiger partial charge in [-0.05, 0) is 37.2 Å². The third-order valence-corrected chi connectivity index (χ3v) is 6.48. The van der Waals surface area contributed by atoms with Crippen molar-refractivity contribution in [1.82, 2.24) is 29.9 Å². The van der Waals surface area contributed by atoms with Crippen LogP contribution in [0.2, 0.25) is 0 Å². The van der Waals surface area contributed by atoms with Crippen molar-refractivity contribution in [2.75, 3.05) is 48.8 Å². The number of rotatable bonds is 9. The molecule has 0 bridgehead atoms. The molecule has 1 amide bonds. The van der Waals surface area contributed by atoms with Crippen molar-refractivity contribution < 1.29 is 4.79 Å². The van der Waals surface area contributed by atoms with E-state index in [0.29, 0.717) is 50.1 Å². The van der Waals surface area contributed by atoms with E-state index in [1.165, 1.54) is 5.56 Å². The third-order valence-electron chi connectivity index (χ3n) is 6.48. The third kappa shape index (κ3) is 5.81. The van der Waals surface area contributed by atoms with Crippen molar-refractivity contribution in [3.63, 3.8) is 0 Å².